The van der Waals surface area contributed by atoms with Crippen molar-refractivity contribution in [3.05, 3.63) is 0 Å². The predicted octanol–water partition coefficient (Wildman–Crippen LogP) is 0.947. The maximum atomic E-state index is 11.2. The molecule has 2 N–H and O–H groups in total. The van der Waals surface area contributed by atoms with Gasteiger partial charge < -0.3 is 20.3 Å². The molecule has 0 aromatic rings. The highest BCUT2D eigenvalue weighted by atomic mass is 32.1. The first-order chi connectivity index (χ1) is 7.22. The quantitative estimate of drug-likeness (QED) is 0.574. The molecule has 0 rings (SSSR count). The second-order valence-corrected chi connectivity index (χ2v) is 4.94. The molecule has 0 aromatic heterocycles. The Morgan fingerprint density at radius 2 is 1.75 bits per heavy atom. The summed E-state index contributed by atoms with van der Waals surface area (Å²) in [6.45, 7) is 6.53. The zero-order valence-corrected chi connectivity index (χ0v) is 11.4. The fourth-order valence-electron chi connectivity index (χ4n) is 0.806. The Morgan fingerprint density at radius 1 is 1.25 bits per heavy atom. The van der Waals surface area contributed by atoms with Crippen LogP contribution >= 0.6 is 12.2 Å². The second-order valence-electron chi connectivity index (χ2n) is 4.56. The highest BCUT2D eigenvalue weighted by Crippen LogP contribution is 2.05. The number of ether oxygens (including phenoxy) is 1. The van der Waals surface area contributed by atoms with Crippen LogP contribution in [0.25, 0.3) is 0 Å². The molecule has 0 heterocycles. The number of nitrogens with zero attached hydrogens (tertiary/aromatic N) is 1. The molecule has 0 aliphatic carbocycles. The van der Waals surface area contributed by atoms with Gasteiger partial charge in [0.2, 0.25) is 0 Å². The van der Waals surface area contributed by atoms with E-state index >= 15 is 0 Å². The third-order valence-corrected chi connectivity index (χ3v) is 1.99. The molecule has 0 saturated carbocycles. The van der Waals surface area contributed by atoms with Crippen LogP contribution in [0.2, 0.25) is 0 Å². The predicted molar refractivity (Wildman–Crippen MR) is 68.5 cm³/mol. The van der Waals surface area contributed by atoms with Gasteiger partial charge in [-0.05, 0) is 33.0 Å². The number of hydrogen-bond acceptors (Lipinski definition) is 3. The molecule has 0 atom stereocenters. The van der Waals surface area contributed by atoms with Gasteiger partial charge in [0, 0.05) is 27.2 Å². The normalized spacial score (nSPS) is 10.6. The fourth-order valence-corrected chi connectivity index (χ4v) is 0.908. The van der Waals surface area contributed by atoms with Crippen LogP contribution < -0.4 is 10.6 Å². The molecule has 0 saturated heterocycles. The summed E-state index contributed by atoms with van der Waals surface area (Å²) < 4.78 is 5.07. The van der Waals surface area contributed by atoms with E-state index in [1.807, 2.05) is 34.9 Å². The lowest BCUT2D eigenvalue weighted by atomic mass is 10.2. The van der Waals surface area contributed by atoms with E-state index < -0.39 is 11.7 Å². The molecule has 0 spiro atoms. The number of carbonyl (C=O) groups is 1. The van der Waals surface area contributed by atoms with Crippen molar-refractivity contribution in [1.82, 2.24) is 15.5 Å². The zero-order valence-electron chi connectivity index (χ0n) is 10.6. The van der Waals surface area contributed by atoms with Crippen molar-refractivity contribution in [2.75, 3.05) is 27.2 Å². The number of alkyl carbamates (subject to hydrolysis) is 1. The topological polar surface area (TPSA) is 53.6 Å². The van der Waals surface area contributed by atoms with Gasteiger partial charge in [-0.3, -0.25) is 0 Å². The lowest BCUT2D eigenvalue weighted by molar-refractivity contribution is 0.0529. The molecule has 94 valence electrons. The number of nitrogens with one attached hydrogen (secondary N) is 2. The van der Waals surface area contributed by atoms with Gasteiger partial charge in [-0.15, -0.1) is 0 Å². The first kappa shape index (κ1) is 15.0. The van der Waals surface area contributed by atoms with Crippen LogP contribution in [0.5, 0.6) is 0 Å². The average molecular weight is 247 g/mol. The van der Waals surface area contributed by atoms with Crippen LogP contribution in [0.3, 0.4) is 0 Å². The first-order valence-corrected chi connectivity index (χ1v) is 5.55. The van der Waals surface area contributed by atoms with Crippen molar-refractivity contribution in [3.63, 3.8) is 0 Å². The molecule has 1 amide bonds. The number of thiocarbonyl (C=S) groups is 1. The summed E-state index contributed by atoms with van der Waals surface area (Å²) in [7, 11) is 3.72. The van der Waals surface area contributed by atoms with Gasteiger partial charge in [-0.1, -0.05) is 0 Å². The third-order valence-electron chi connectivity index (χ3n) is 1.48. The van der Waals surface area contributed by atoms with Gasteiger partial charge in [-0.25, -0.2) is 4.79 Å². The molecule has 6 heteroatoms. The van der Waals surface area contributed by atoms with Gasteiger partial charge in [0.15, 0.2) is 5.11 Å². The van der Waals surface area contributed by atoms with E-state index in [2.05, 4.69) is 10.6 Å². The van der Waals surface area contributed by atoms with Gasteiger partial charge in [0.1, 0.15) is 5.60 Å². The minimum absolute atomic E-state index is 0.412. The Kier molecular flexibility index (Phi) is 6.10. The number of rotatable bonds is 3. The van der Waals surface area contributed by atoms with Gasteiger partial charge >= 0.3 is 6.09 Å². The molecule has 0 radical (unpaired) electrons. The molecule has 0 fully saturated rings. The van der Waals surface area contributed by atoms with Crippen LogP contribution in [0.1, 0.15) is 20.8 Å². The van der Waals surface area contributed by atoms with Crippen molar-refractivity contribution in [2.24, 2.45) is 0 Å². The van der Waals surface area contributed by atoms with Crippen LogP contribution in [-0.2, 0) is 4.74 Å². The summed E-state index contributed by atoms with van der Waals surface area (Å²) in [4.78, 5) is 13.0. The standard InChI is InChI=1S/C10H21N3O2S/c1-10(2,3)15-9(14)12-7-6-11-8(16)13(4)5/h6-7H2,1-5H3,(H,11,16)(H,12,14). The summed E-state index contributed by atoms with van der Waals surface area (Å²) in [6.07, 6.45) is -0.412. The van der Waals surface area contributed by atoms with Gasteiger partial charge in [-0.2, -0.15) is 0 Å². The van der Waals surface area contributed by atoms with E-state index in [-0.39, 0.29) is 0 Å². The number of amides is 1. The molecular formula is C10H21N3O2S. The van der Waals surface area contributed by atoms with Crippen molar-refractivity contribution in [1.29, 1.82) is 0 Å². The molecule has 0 bridgehead atoms. The monoisotopic (exact) mass is 247 g/mol. The smallest absolute Gasteiger partial charge is 0.407 e. The molecule has 0 aliphatic heterocycles. The van der Waals surface area contributed by atoms with E-state index in [9.17, 15) is 4.79 Å². The molecule has 0 aliphatic rings. The molecule has 0 aromatic carbocycles. The summed E-state index contributed by atoms with van der Waals surface area (Å²) in [6, 6.07) is 0. The van der Waals surface area contributed by atoms with Gasteiger partial charge in [0.25, 0.3) is 0 Å². The number of carbonyl (C=O) groups excluding carboxylic acids is 1. The Morgan fingerprint density at radius 3 is 2.19 bits per heavy atom. The minimum Gasteiger partial charge on any atom is -0.444 e. The van der Waals surface area contributed by atoms with Crippen LogP contribution in [0.4, 0.5) is 4.79 Å². The molecular weight excluding hydrogens is 226 g/mol. The lowest BCUT2D eigenvalue weighted by Crippen LogP contribution is -2.40. The Balaban J connectivity index is 3.60. The zero-order chi connectivity index (χ0) is 12.8. The first-order valence-electron chi connectivity index (χ1n) is 5.14. The maximum Gasteiger partial charge on any atom is 0.407 e. The lowest BCUT2D eigenvalue weighted by Gasteiger charge is -2.20. The largest absolute Gasteiger partial charge is 0.444 e. The highest BCUT2D eigenvalue weighted by Gasteiger charge is 2.15. The summed E-state index contributed by atoms with van der Waals surface area (Å²) in [5.74, 6) is 0. The van der Waals surface area contributed by atoms with E-state index in [0.29, 0.717) is 18.2 Å². The third kappa shape index (κ3) is 8.28. The molecule has 5 nitrogen and oxygen atoms in total. The second kappa shape index (κ2) is 6.52. The van der Waals surface area contributed by atoms with E-state index in [1.54, 1.807) is 4.90 Å². The molecule has 0 unspecified atom stereocenters. The Bertz CT molecular complexity index is 249. The van der Waals surface area contributed by atoms with Crippen molar-refractivity contribution < 1.29 is 9.53 Å². The Hall–Kier alpha value is -1.04. The van der Waals surface area contributed by atoms with E-state index in [1.165, 1.54) is 0 Å². The highest BCUT2D eigenvalue weighted by molar-refractivity contribution is 7.80. The maximum absolute atomic E-state index is 11.2. The Labute approximate surface area is 103 Å². The van der Waals surface area contributed by atoms with Crippen molar-refractivity contribution >= 4 is 23.4 Å². The minimum atomic E-state index is -0.462. The van der Waals surface area contributed by atoms with Crippen LogP contribution in [0.15, 0.2) is 0 Å². The number of hydrogen-bond donors (Lipinski definition) is 2. The summed E-state index contributed by atoms with van der Waals surface area (Å²) in [5.41, 5.74) is -0.462. The summed E-state index contributed by atoms with van der Waals surface area (Å²) >= 11 is 5.02. The van der Waals surface area contributed by atoms with Crippen LogP contribution in [0, 0.1) is 0 Å². The van der Waals surface area contributed by atoms with Gasteiger partial charge in [0.05, 0.1) is 0 Å². The SMILES string of the molecule is CN(C)C(=S)NCCNC(=O)OC(C)(C)C. The summed E-state index contributed by atoms with van der Waals surface area (Å²) in [5, 5.41) is 6.26. The molecule has 16 heavy (non-hydrogen) atoms. The van der Waals surface area contributed by atoms with Crippen molar-refractivity contribution in [3.8, 4) is 0 Å². The van der Waals surface area contributed by atoms with Crippen molar-refractivity contribution in [2.45, 2.75) is 26.4 Å². The fraction of sp³-hybridized carbons (Fsp3) is 0.800. The average Bonchev–Trinajstić information content (AvgIpc) is 2.08. The van der Waals surface area contributed by atoms with E-state index in [0.717, 1.165) is 0 Å². The van der Waals surface area contributed by atoms with Crippen LogP contribution in [-0.4, -0.2) is 48.9 Å². The van der Waals surface area contributed by atoms with E-state index in [4.69, 9.17) is 17.0 Å².